The van der Waals surface area contributed by atoms with Gasteiger partial charge in [-0.05, 0) is 49.7 Å². The van der Waals surface area contributed by atoms with Crippen LogP contribution in [0.5, 0.6) is 11.5 Å². The summed E-state index contributed by atoms with van der Waals surface area (Å²) in [6.45, 7) is 4.41. The van der Waals surface area contributed by atoms with Crippen LogP contribution in [-0.2, 0) is 11.2 Å². The molecule has 0 spiro atoms. The molecular weight excluding hydrogens is 295 g/mol. The van der Waals surface area contributed by atoms with Crippen molar-refractivity contribution < 1.29 is 18.7 Å². The second-order valence-electron chi connectivity index (χ2n) is 6.72. The molecule has 3 nitrogen and oxygen atoms in total. The smallest absolute Gasteiger partial charge is 0.315 e. The van der Waals surface area contributed by atoms with Gasteiger partial charge in [-0.2, -0.15) is 4.39 Å². The Labute approximate surface area is 137 Å². The molecule has 4 heteroatoms. The summed E-state index contributed by atoms with van der Waals surface area (Å²) >= 11 is 0. The predicted octanol–water partition coefficient (Wildman–Crippen LogP) is 4.52. The highest BCUT2D eigenvalue weighted by Gasteiger charge is 2.38. The summed E-state index contributed by atoms with van der Waals surface area (Å²) in [6, 6.07) is 3.47. The molecule has 0 radical (unpaired) electrons. The molecule has 0 aromatic heterocycles. The number of rotatable bonds is 4. The van der Waals surface area contributed by atoms with Gasteiger partial charge in [0, 0.05) is 0 Å². The number of ether oxygens (including phenoxy) is 2. The van der Waals surface area contributed by atoms with Crippen LogP contribution >= 0.6 is 0 Å². The van der Waals surface area contributed by atoms with Crippen molar-refractivity contribution in [3.05, 3.63) is 23.5 Å². The summed E-state index contributed by atoms with van der Waals surface area (Å²) in [5.41, 5.74) is 0.785. The van der Waals surface area contributed by atoms with Gasteiger partial charge in [-0.15, -0.1) is 0 Å². The van der Waals surface area contributed by atoms with Crippen LogP contribution in [0.4, 0.5) is 4.39 Å². The Morgan fingerprint density at radius 1 is 1.22 bits per heavy atom. The Morgan fingerprint density at radius 2 is 1.96 bits per heavy atom. The lowest BCUT2D eigenvalue weighted by atomic mass is 9.73. The van der Waals surface area contributed by atoms with Crippen LogP contribution in [0.2, 0.25) is 0 Å². The Hall–Kier alpha value is -1.58. The third-order valence-electron chi connectivity index (χ3n) is 5.43. The van der Waals surface area contributed by atoms with Gasteiger partial charge < -0.3 is 9.47 Å². The molecule has 0 N–H and O–H groups in total. The molecular formula is C19H25FO3. The third-order valence-corrected chi connectivity index (χ3v) is 5.43. The zero-order valence-corrected chi connectivity index (χ0v) is 13.9. The minimum Gasteiger partial charge on any atom is -0.491 e. The zero-order chi connectivity index (χ0) is 16.4. The van der Waals surface area contributed by atoms with Crippen molar-refractivity contribution in [2.45, 2.75) is 52.4 Å². The Morgan fingerprint density at radius 3 is 2.61 bits per heavy atom. The van der Waals surface area contributed by atoms with E-state index in [9.17, 15) is 9.18 Å². The Bertz CT molecular complexity index is 576. The summed E-state index contributed by atoms with van der Waals surface area (Å²) in [5, 5.41) is 0. The number of benzene rings is 1. The average Bonchev–Trinajstić information content (AvgIpc) is 2.58. The first kappa shape index (κ1) is 16.3. The highest BCUT2D eigenvalue weighted by molar-refractivity contribution is 5.78. The van der Waals surface area contributed by atoms with Gasteiger partial charge in [0.2, 0.25) is 5.82 Å². The van der Waals surface area contributed by atoms with Crippen molar-refractivity contribution in [1.82, 2.24) is 0 Å². The van der Waals surface area contributed by atoms with E-state index < -0.39 is 5.82 Å². The number of esters is 1. The molecule has 23 heavy (non-hydrogen) atoms. The van der Waals surface area contributed by atoms with E-state index in [4.69, 9.17) is 9.47 Å². The Balaban J connectivity index is 1.76. The van der Waals surface area contributed by atoms with Crippen molar-refractivity contribution in [3.63, 3.8) is 0 Å². The van der Waals surface area contributed by atoms with Crippen LogP contribution in [0.15, 0.2) is 12.1 Å². The van der Waals surface area contributed by atoms with Gasteiger partial charge in [-0.3, -0.25) is 4.79 Å². The van der Waals surface area contributed by atoms with E-state index in [1.807, 2.05) is 6.07 Å². The fourth-order valence-corrected chi connectivity index (χ4v) is 3.97. The maximum absolute atomic E-state index is 14.4. The van der Waals surface area contributed by atoms with E-state index in [2.05, 4.69) is 6.92 Å². The maximum atomic E-state index is 14.4. The van der Waals surface area contributed by atoms with Gasteiger partial charge in [0.15, 0.2) is 11.5 Å². The van der Waals surface area contributed by atoms with E-state index in [1.165, 1.54) is 19.3 Å². The molecule has 126 valence electrons. The second kappa shape index (κ2) is 6.90. The third kappa shape index (κ3) is 3.22. The average molecular weight is 320 g/mol. The topological polar surface area (TPSA) is 35.5 Å². The molecule has 1 aromatic carbocycles. The van der Waals surface area contributed by atoms with Crippen LogP contribution in [0.3, 0.4) is 0 Å². The van der Waals surface area contributed by atoms with E-state index in [0.717, 1.165) is 24.3 Å². The van der Waals surface area contributed by atoms with E-state index in [-0.39, 0.29) is 23.4 Å². The molecule has 0 saturated heterocycles. The van der Waals surface area contributed by atoms with Crippen LogP contribution < -0.4 is 9.47 Å². The van der Waals surface area contributed by atoms with Crippen molar-refractivity contribution in [1.29, 1.82) is 0 Å². The molecule has 1 aliphatic heterocycles. The lowest BCUT2D eigenvalue weighted by molar-refractivity contribution is -0.143. The molecule has 0 bridgehead atoms. The molecule has 1 aliphatic carbocycles. The number of hydrogen-bond acceptors (Lipinski definition) is 3. The molecule has 1 atom stereocenters. The minimum atomic E-state index is -0.550. The molecule has 0 amide bonds. The van der Waals surface area contributed by atoms with Crippen molar-refractivity contribution >= 4 is 5.97 Å². The Kier molecular flexibility index (Phi) is 4.88. The van der Waals surface area contributed by atoms with Gasteiger partial charge in [0.25, 0.3) is 0 Å². The summed E-state index contributed by atoms with van der Waals surface area (Å²) in [6.07, 6.45) is 6.33. The fourth-order valence-electron chi connectivity index (χ4n) is 3.97. The molecule has 2 aliphatic rings. The highest BCUT2D eigenvalue weighted by atomic mass is 19.1. The first-order valence-corrected chi connectivity index (χ1v) is 8.79. The lowest BCUT2D eigenvalue weighted by Crippen LogP contribution is -2.35. The largest absolute Gasteiger partial charge is 0.491 e. The first-order valence-electron chi connectivity index (χ1n) is 8.79. The summed E-state index contributed by atoms with van der Waals surface area (Å²) < 4.78 is 25.0. The quantitative estimate of drug-likeness (QED) is 0.604. The first-order chi connectivity index (χ1) is 11.1. The fraction of sp³-hybridized carbons (Fsp3) is 0.632. The van der Waals surface area contributed by atoms with E-state index in [0.29, 0.717) is 18.9 Å². The van der Waals surface area contributed by atoms with Crippen molar-refractivity contribution in [2.24, 2.45) is 17.8 Å². The summed E-state index contributed by atoms with van der Waals surface area (Å²) in [4.78, 5) is 12.4. The van der Waals surface area contributed by atoms with Crippen LogP contribution in [-0.4, -0.2) is 12.6 Å². The van der Waals surface area contributed by atoms with Crippen molar-refractivity contribution in [2.75, 3.05) is 6.61 Å². The molecule has 1 heterocycles. The molecule has 1 aromatic rings. The maximum Gasteiger partial charge on any atom is 0.315 e. The van der Waals surface area contributed by atoms with Crippen LogP contribution in [0.1, 0.15) is 51.5 Å². The molecule has 3 rings (SSSR count). The number of carbonyl (C=O) groups is 1. The summed E-state index contributed by atoms with van der Waals surface area (Å²) in [7, 11) is 0. The molecule has 1 fully saturated rings. The van der Waals surface area contributed by atoms with Gasteiger partial charge >= 0.3 is 5.97 Å². The van der Waals surface area contributed by atoms with Gasteiger partial charge in [-0.25, -0.2) is 0 Å². The lowest BCUT2D eigenvalue weighted by Gasteiger charge is -2.34. The normalized spacial score (nSPS) is 27.3. The minimum absolute atomic E-state index is 0.0689. The molecule has 1 unspecified atom stereocenters. The van der Waals surface area contributed by atoms with Crippen LogP contribution in [0.25, 0.3) is 0 Å². The second-order valence-corrected chi connectivity index (χ2v) is 6.72. The highest BCUT2D eigenvalue weighted by Crippen LogP contribution is 2.42. The monoisotopic (exact) mass is 320 g/mol. The number of halogens is 1. The van der Waals surface area contributed by atoms with Crippen molar-refractivity contribution in [3.8, 4) is 11.5 Å². The SMILES string of the molecule is CCOc1ccc2c(c1F)OC(=O)C(C1CCC(CC)CC1)C2. The standard InChI is InChI=1S/C19H25FO3/c1-3-12-5-7-13(8-6-12)15-11-14-9-10-16(22-4-2)17(20)18(14)23-19(15)21/h9-10,12-13,15H,3-8,11H2,1-2H3. The molecule has 1 saturated carbocycles. The summed E-state index contributed by atoms with van der Waals surface area (Å²) in [5.74, 6) is 0.436. The van der Waals surface area contributed by atoms with Gasteiger partial charge in [-0.1, -0.05) is 32.3 Å². The number of hydrogen-bond donors (Lipinski definition) is 0. The zero-order valence-electron chi connectivity index (χ0n) is 13.9. The van der Waals surface area contributed by atoms with Crippen LogP contribution in [0, 0.1) is 23.6 Å². The predicted molar refractivity (Wildman–Crippen MR) is 86.1 cm³/mol. The van der Waals surface area contributed by atoms with Gasteiger partial charge in [0.05, 0.1) is 12.5 Å². The van der Waals surface area contributed by atoms with Gasteiger partial charge in [0.1, 0.15) is 0 Å². The van der Waals surface area contributed by atoms with E-state index >= 15 is 0 Å². The van der Waals surface area contributed by atoms with E-state index in [1.54, 1.807) is 13.0 Å². The number of fused-ring (bicyclic) bond motifs is 1. The number of carbonyl (C=O) groups excluding carboxylic acids is 1.